The number of rotatable bonds is 4. The van der Waals surface area contributed by atoms with Gasteiger partial charge in [-0.2, -0.15) is 0 Å². The molecule has 1 aromatic rings. The largest absolute Gasteiger partial charge is 0.497 e. The zero-order valence-electron chi connectivity index (χ0n) is 8.53. The van der Waals surface area contributed by atoms with Gasteiger partial charge in [-0.1, -0.05) is 0 Å². The summed E-state index contributed by atoms with van der Waals surface area (Å²) in [5, 5.41) is 8.81. The number of nitrogens with zero attached hydrogens (tertiary/aromatic N) is 1. The number of hydrogen-bond donors (Lipinski definition) is 2. The van der Waals surface area contributed by atoms with E-state index in [0.29, 0.717) is 6.42 Å². The van der Waals surface area contributed by atoms with Crippen LogP contribution in [0.3, 0.4) is 0 Å². The van der Waals surface area contributed by atoms with Crippen molar-refractivity contribution in [2.45, 2.75) is 19.4 Å². The van der Waals surface area contributed by atoms with Crippen LogP contribution in [0, 0.1) is 6.92 Å². The minimum Gasteiger partial charge on any atom is -0.497 e. The predicted molar refractivity (Wildman–Crippen MR) is 54.3 cm³/mol. The van der Waals surface area contributed by atoms with Crippen LogP contribution in [-0.4, -0.2) is 29.8 Å². The van der Waals surface area contributed by atoms with E-state index in [2.05, 4.69) is 4.98 Å². The molecule has 0 saturated heterocycles. The van der Waals surface area contributed by atoms with Crippen LogP contribution < -0.4 is 10.5 Å². The molecular formula is C10H16N2O2. The molecule has 0 saturated carbocycles. The van der Waals surface area contributed by atoms with Crippen molar-refractivity contribution in [3.8, 4) is 5.75 Å². The Kier molecular flexibility index (Phi) is 3.85. The molecule has 0 bridgehead atoms. The molecule has 1 atom stereocenters. The van der Waals surface area contributed by atoms with E-state index in [0.717, 1.165) is 17.1 Å². The summed E-state index contributed by atoms with van der Waals surface area (Å²) in [6.07, 6.45) is 0.564. The molecule has 1 aromatic heterocycles. The molecule has 0 aliphatic carbocycles. The molecular weight excluding hydrogens is 180 g/mol. The fraction of sp³-hybridized carbons (Fsp3) is 0.500. The van der Waals surface area contributed by atoms with Gasteiger partial charge in [0.25, 0.3) is 0 Å². The average molecular weight is 196 g/mol. The molecule has 3 N–H and O–H groups in total. The van der Waals surface area contributed by atoms with E-state index in [-0.39, 0.29) is 12.6 Å². The van der Waals surface area contributed by atoms with Gasteiger partial charge in [0.05, 0.1) is 13.7 Å². The first-order valence-corrected chi connectivity index (χ1v) is 4.53. The second-order valence-corrected chi connectivity index (χ2v) is 3.29. The summed E-state index contributed by atoms with van der Waals surface area (Å²) in [6.45, 7) is 1.87. The summed E-state index contributed by atoms with van der Waals surface area (Å²) in [4.78, 5) is 4.30. The monoisotopic (exact) mass is 196 g/mol. The van der Waals surface area contributed by atoms with E-state index in [1.807, 2.05) is 19.1 Å². The maximum Gasteiger partial charge on any atom is 0.122 e. The summed E-state index contributed by atoms with van der Waals surface area (Å²) >= 11 is 0. The second kappa shape index (κ2) is 4.93. The van der Waals surface area contributed by atoms with Crippen LogP contribution in [0.25, 0.3) is 0 Å². The van der Waals surface area contributed by atoms with Gasteiger partial charge in [-0.05, 0) is 6.92 Å². The minimum atomic E-state index is -0.256. The smallest absolute Gasteiger partial charge is 0.122 e. The van der Waals surface area contributed by atoms with E-state index in [1.54, 1.807) is 7.11 Å². The molecule has 0 aliphatic heterocycles. The molecule has 4 heteroatoms. The van der Waals surface area contributed by atoms with Crippen molar-refractivity contribution in [2.24, 2.45) is 5.73 Å². The third-order valence-electron chi connectivity index (χ3n) is 1.92. The maximum atomic E-state index is 8.81. The Balaban J connectivity index is 2.81. The van der Waals surface area contributed by atoms with Gasteiger partial charge in [0.15, 0.2) is 0 Å². The lowest BCUT2D eigenvalue weighted by molar-refractivity contribution is 0.264. The highest BCUT2D eigenvalue weighted by molar-refractivity contribution is 5.27. The van der Waals surface area contributed by atoms with E-state index in [4.69, 9.17) is 15.6 Å². The van der Waals surface area contributed by atoms with Gasteiger partial charge in [-0.15, -0.1) is 0 Å². The molecule has 0 aliphatic rings. The van der Waals surface area contributed by atoms with E-state index in [9.17, 15) is 0 Å². The van der Waals surface area contributed by atoms with Crippen LogP contribution in [-0.2, 0) is 6.42 Å². The Labute approximate surface area is 83.7 Å². The van der Waals surface area contributed by atoms with Crippen LogP contribution in [0.1, 0.15) is 11.4 Å². The Morgan fingerprint density at radius 3 is 2.86 bits per heavy atom. The first-order valence-electron chi connectivity index (χ1n) is 4.53. The molecule has 78 valence electrons. The third kappa shape index (κ3) is 2.97. The van der Waals surface area contributed by atoms with E-state index < -0.39 is 0 Å². The van der Waals surface area contributed by atoms with Gasteiger partial charge < -0.3 is 15.6 Å². The lowest BCUT2D eigenvalue weighted by Crippen LogP contribution is -2.27. The van der Waals surface area contributed by atoms with Crippen molar-refractivity contribution >= 4 is 0 Å². The number of nitrogens with two attached hydrogens (primary N) is 1. The molecule has 1 unspecified atom stereocenters. The second-order valence-electron chi connectivity index (χ2n) is 3.29. The highest BCUT2D eigenvalue weighted by Crippen LogP contribution is 2.13. The molecule has 14 heavy (non-hydrogen) atoms. The fourth-order valence-corrected chi connectivity index (χ4v) is 1.26. The number of aryl methyl sites for hydroxylation is 1. The number of hydrogen-bond acceptors (Lipinski definition) is 4. The topological polar surface area (TPSA) is 68.4 Å². The fourth-order valence-electron chi connectivity index (χ4n) is 1.26. The standard InChI is InChI=1S/C10H16N2O2/c1-7-3-10(14-2)5-9(12-7)4-8(11)6-13/h3,5,8,13H,4,6,11H2,1-2H3. The Hall–Kier alpha value is -1.13. The first-order chi connectivity index (χ1) is 6.65. The van der Waals surface area contributed by atoms with Crippen molar-refractivity contribution in [1.82, 2.24) is 4.98 Å². The van der Waals surface area contributed by atoms with Crippen LogP contribution in [0.15, 0.2) is 12.1 Å². The highest BCUT2D eigenvalue weighted by atomic mass is 16.5. The lowest BCUT2D eigenvalue weighted by Gasteiger charge is -2.09. The third-order valence-corrected chi connectivity index (χ3v) is 1.92. The number of methoxy groups -OCH3 is 1. The van der Waals surface area contributed by atoms with Gasteiger partial charge in [0.1, 0.15) is 5.75 Å². The average Bonchev–Trinajstić information content (AvgIpc) is 2.16. The summed E-state index contributed by atoms with van der Waals surface area (Å²) in [7, 11) is 1.62. The summed E-state index contributed by atoms with van der Waals surface area (Å²) in [5.74, 6) is 0.776. The van der Waals surface area contributed by atoms with Gasteiger partial charge in [-0.25, -0.2) is 0 Å². The van der Waals surface area contributed by atoms with Crippen molar-refractivity contribution in [2.75, 3.05) is 13.7 Å². The molecule has 0 fully saturated rings. The lowest BCUT2D eigenvalue weighted by atomic mass is 10.1. The zero-order chi connectivity index (χ0) is 10.6. The number of aliphatic hydroxyl groups excluding tert-OH is 1. The van der Waals surface area contributed by atoms with Gasteiger partial charge >= 0.3 is 0 Å². The normalized spacial score (nSPS) is 12.6. The van der Waals surface area contributed by atoms with Crippen molar-refractivity contribution in [3.63, 3.8) is 0 Å². The SMILES string of the molecule is COc1cc(C)nc(CC(N)CO)c1. The van der Waals surface area contributed by atoms with Crippen LogP contribution >= 0.6 is 0 Å². The maximum absolute atomic E-state index is 8.81. The van der Waals surface area contributed by atoms with Crippen LogP contribution in [0.5, 0.6) is 5.75 Å². The predicted octanol–water partition coefficient (Wildman–Crippen LogP) is 0.261. The molecule has 4 nitrogen and oxygen atoms in total. The summed E-state index contributed by atoms with van der Waals surface area (Å²) in [5.41, 5.74) is 7.36. The zero-order valence-corrected chi connectivity index (χ0v) is 8.53. The van der Waals surface area contributed by atoms with Crippen LogP contribution in [0.4, 0.5) is 0 Å². The van der Waals surface area contributed by atoms with Crippen molar-refractivity contribution < 1.29 is 9.84 Å². The minimum absolute atomic E-state index is 0.0298. The summed E-state index contributed by atoms with van der Waals surface area (Å²) in [6, 6.07) is 3.44. The Morgan fingerprint density at radius 1 is 1.57 bits per heavy atom. The van der Waals surface area contributed by atoms with E-state index >= 15 is 0 Å². The molecule has 0 radical (unpaired) electrons. The Bertz CT molecular complexity index is 302. The van der Waals surface area contributed by atoms with Crippen LogP contribution in [0.2, 0.25) is 0 Å². The first kappa shape index (κ1) is 10.9. The molecule has 1 heterocycles. The summed E-state index contributed by atoms with van der Waals surface area (Å²) < 4.78 is 5.11. The number of aliphatic hydroxyl groups is 1. The van der Waals surface area contributed by atoms with Gasteiger partial charge in [0, 0.05) is 36.0 Å². The molecule has 0 amide bonds. The molecule has 0 aromatic carbocycles. The molecule has 0 spiro atoms. The number of aromatic nitrogens is 1. The van der Waals surface area contributed by atoms with Crippen molar-refractivity contribution in [3.05, 3.63) is 23.5 Å². The van der Waals surface area contributed by atoms with Gasteiger partial charge in [0.2, 0.25) is 0 Å². The highest BCUT2D eigenvalue weighted by Gasteiger charge is 2.05. The quantitative estimate of drug-likeness (QED) is 0.725. The van der Waals surface area contributed by atoms with E-state index in [1.165, 1.54) is 0 Å². The van der Waals surface area contributed by atoms with Gasteiger partial charge in [-0.3, -0.25) is 4.98 Å². The number of ether oxygens (including phenoxy) is 1. The molecule has 1 rings (SSSR count). The number of pyridine rings is 1. The Morgan fingerprint density at radius 2 is 2.29 bits per heavy atom. The van der Waals surface area contributed by atoms with Crippen molar-refractivity contribution in [1.29, 1.82) is 0 Å².